The van der Waals surface area contributed by atoms with Gasteiger partial charge in [-0.2, -0.15) is 5.26 Å². The summed E-state index contributed by atoms with van der Waals surface area (Å²) >= 11 is 0. The predicted octanol–water partition coefficient (Wildman–Crippen LogP) is 2.42. The Kier molecular flexibility index (Phi) is 3.93. The number of rotatable bonds is 3. The van der Waals surface area contributed by atoms with E-state index in [4.69, 9.17) is 5.26 Å². The highest BCUT2D eigenvalue weighted by atomic mass is 14.9. The standard InChI is InChI=1S/C10H18N2/c1-2-10(12-8-11)9-6-4-3-5-7-9/h9-10,12H,2-7H2,1H3. The van der Waals surface area contributed by atoms with E-state index in [1.54, 1.807) is 0 Å². The van der Waals surface area contributed by atoms with Gasteiger partial charge in [-0.25, -0.2) is 0 Å². The van der Waals surface area contributed by atoms with Gasteiger partial charge >= 0.3 is 0 Å². The van der Waals surface area contributed by atoms with Gasteiger partial charge in [0.2, 0.25) is 0 Å². The molecule has 1 saturated carbocycles. The molecule has 2 nitrogen and oxygen atoms in total. The second kappa shape index (κ2) is 5.03. The molecular weight excluding hydrogens is 148 g/mol. The molecule has 0 radical (unpaired) electrons. The van der Waals surface area contributed by atoms with Gasteiger partial charge in [-0.1, -0.05) is 26.2 Å². The van der Waals surface area contributed by atoms with Gasteiger partial charge in [-0.05, 0) is 25.2 Å². The van der Waals surface area contributed by atoms with E-state index in [1.165, 1.54) is 32.1 Å². The van der Waals surface area contributed by atoms with Crippen molar-refractivity contribution >= 4 is 0 Å². The molecule has 1 unspecified atom stereocenters. The minimum absolute atomic E-state index is 0.440. The molecule has 1 rings (SSSR count). The maximum absolute atomic E-state index is 8.54. The summed E-state index contributed by atoms with van der Waals surface area (Å²) in [5.41, 5.74) is 0. The number of hydrogen-bond acceptors (Lipinski definition) is 2. The molecule has 12 heavy (non-hydrogen) atoms. The first kappa shape index (κ1) is 9.38. The zero-order valence-electron chi connectivity index (χ0n) is 7.84. The van der Waals surface area contributed by atoms with Gasteiger partial charge in [0.15, 0.2) is 6.19 Å². The van der Waals surface area contributed by atoms with E-state index in [0.717, 1.165) is 12.3 Å². The minimum Gasteiger partial charge on any atom is -0.321 e. The second-order valence-electron chi connectivity index (χ2n) is 3.67. The summed E-state index contributed by atoms with van der Waals surface area (Å²) in [6.07, 6.45) is 9.87. The van der Waals surface area contributed by atoms with Crippen LogP contribution < -0.4 is 5.32 Å². The van der Waals surface area contributed by atoms with Crippen LogP contribution in [0.1, 0.15) is 45.4 Å². The van der Waals surface area contributed by atoms with E-state index in [-0.39, 0.29) is 0 Å². The summed E-state index contributed by atoms with van der Waals surface area (Å²) < 4.78 is 0. The minimum atomic E-state index is 0.440. The molecule has 1 fully saturated rings. The van der Waals surface area contributed by atoms with Gasteiger partial charge < -0.3 is 5.32 Å². The van der Waals surface area contributed by atoms with Gasteiger partial charge in [0.05, 0.1) is 0 Å². The molecule has 1 aliphatic carbocycles. The van der Waals surface area contributed by atoms with Gasteiger partial charge in [-0.3, -0.25) is 0 Å². The van der Waals surface area contributed by atoms with Crippen molar-refractivity contribution in [3.63, 3.8) is 0 Å². The summed E-state index contributed by atoms with van der Waals surface area (Å²) in [4.78, 5) is 0. The lowest BCUT2D eigenvalue weighted by atomic mass is 9.83. The lowest BCUT2D eigenvalue weighted by Crippen LogP contribution is -2.33. The first-order valence-corrected chi connectivity index (χ1v) is 5.03. The van der Waals surface area contributed by atoms with Gasteiger partial charge in [0.25, 0.3) is 0 Å². The summed E-state index contributed by atoms with van der Waals surface area (Å²) in [5.74, 6) is 0.753. The molecule has 0 spiro atoms. The van der Waals surface area contributed by atoms with Crippen LogP contribution in [-0.2, 0) is 0 Å². The van der Waals surface area contributed by atoms with Crippen LogP contribution in [0.4, 0.5) is 0 Å². The van der Waals surface area contributed by atoms with Crippen molar-refractivity contribution in [1.82, 2.24) is 5.32 Å². The molecule has 0 amide bonds. The van der Waals surface area contributed by atoms with Crippen molar-refractivity contribution in [1.29, 1.82) is 5.26 Å². The molecule has 0 saturated heterocycles. The van der Waals surface area contributed by atoms with E-state index >= 15 is 0 Å². The lowest BCUT2D eigenvalue weighted by molar-refractivity contribution is 0.280. The third-order valence-corrected chi connectivity index (χ3v) is 2.91. The van der Waals surface area contributed by atoms with Crippen LogP contribution in [0.3, 0.4) is 0 Å². The zero-order valence-corrected chi connectivity index (χ0v) is 7.84. The Balaban J connectivity index is 2.36. The number of nitrogens with zero attached hydrogens (tertiary/aromatic N) is 1. The van der Waals surface area contributed by atoms with E-state index in [9.17, 15) is 0 Å². The highest BCUT2D eigenvalue weighted by molar-refractivity contribution is 4.83. The van der Waals surface area contributed by atoms with Crippen LogP contribution in [0.5, 0.6) is 0 Å². The summed E-state index contributed by atoms with van der Waals surface area (Å²) in [5, 5.41) is 11.4. The second-order valence-corrected chi connectivity index (χ2v) is 3.67. The zero-order chi connectivity index (χ0) is 8.81. The fourth-order valence-corrected chi connectivity index (χ4v) is 2.17. The largest absolute Gasteiger partial charge is 0.321 e. The molecule has 68 valence electrons. The fraction of sp³-hybridized carbons (Fsp3) is 0.900. The SMILES string of the molecule is CCC(NC#N)C1CCCCC1. The Morgan fingerprint density at radius 2 is 2.08 bits per heavy atom. The fourth-order valence-electron chi connectivity index (χ4n) is 2.17. The molecular formula is C10H18N2. The van der Waals surface area contributed by atoms with Crippen molar-refractivity contribution in [2.45, 2.75) is 51.5 Å². The Labute approximate surface area is 75.0 Å². The van der Waals surface area contributed by atoms with E-state index in [2.05, 4.69) is 18.4 Å². The Morgan fingerprint density at radius 3 is 2.58 bits per heavy atom. The Bertz CT molecular complexity index is 154. The van der Waals surface area contributed by atoms with Crippen LogP contribution >= 0.6 is 0 Å². The van der Waals surface area contributed by atoms with Crippen LogP contribution in [0.2, 0.25) is 0 Å². The number of nitrogens with one attached hydrogen (secondary N) is 1. The molecule has 0 aromatic carbocycles. The average Bonchev–Trinajstić information content (AvgIpc) is 2.15. The molecule has 1 N–H and O–H groups in total. The maximum Gasteiger partial charge on any atom is 0.176 e. The van der Waals surface area contributed by atoms with Crippen LogP contribution in [0.15, 0.2) is 0 Å². The Morgan fingerprint density at radius 1 is 1.42 bits per heavy atom. The van der Waals surface area contributed by atoms with E-state index in [1.807, 2.05) is 0 Å². The van der Waals surface area contributed by atoms with Crippen molar-refractivity contribution < 1.29 is 0 Å². The molecule has 1 aliphatic rings. The highest BCUT2D eigenvalue weighted by Crippen LogP contribution is 2.27. The third-order valence-electron chi connectivity index (χ3n) is 2.91. The molecule has 0 aliphatic heterocycles. The molecule has 0 heterocycles. The Hall–Kier alpha value is -0.710. The lowest BCUT2D eigenvalue weighted by Gasteiger charge is -2.28. The topological polar surface area (TPSA) is 35.8 Å². The van der Waals surface area contributed by atoms with Gasteiger partial charge in [0.1, 0.15) is 0 Å². The number of hydrogen-bond donors (Lipinski definition) is 1. The normalized spacial score (nSPS) is 21.3. The van der Waals surface area contributed by atoms with E-state index < -0.39 is 0 Å². The summed E-state index contributed by atoms with van der Waals surface area (Å²) in [6, 6.07) is 0.440. The molecule has 0 bridgehead atoms. The molecule has 1 atom stereocenters. The van der Waals surface area contributed by atoms with Crippen molar-refractivity contribution in [2.24, 2.45) is 5.92 Å². The smallest absolute Gasteiger partial charge is 0.176 e. The first-order valence-electron chi connectivity index (χ1n) is 5.03. The van der Waals surface area contributed by atoms with Crippen LogP contribution in [0.25, 0.3) is 0 Å². The molecule has 0 aromatic rings. The predicted molar refractivity (Wildman–Crippen MR) is 49.4 cm³/mol. The highest BCUT2D eigenvalue weighted by Gasteiger charge is 2.21. The molecule has 0 aromatic heterocycles. The van der Waals surface area contributed by atoms with Crippen molar-refractivity contribution in [2.75, 3.05) is 0 Å². The van der Waals surface area contributed by atoms with Gasteiger partial charge in [-0.15, -0.1) is 0 Å². The van der Waals surface area contributed by atoms with Crippen LogP contribution in [-0.4, -0.2) is 6.04 Å². The van der Waals surface area contributed by atoms with Gasteiger partial charge in [0, 0.05) is 6.04 Å². The molecule has 2 heteroatoms. The third kappa shape index (κ3) is 2.41. The maximum atomic E-state index is 8.54. The van der Waals surface area contributed by atoms with E-state index in [0.29, 0.717) is 6.04 Å². The summed E-state index contributed by atoms with van der Waals surface area (Å²) in [6.45, 7) is 2.16. The van der Waals surface area contributed by atoms with Crippen molar-refractivity contribution in [3.8, 4) is 6.19 Å². The quantitative estimate of drug-likeness (QED) is 0.516. The average molecular weight is 166 g/mol. The first-order chi connectivity index (χ1) is 5.88. The van der Waals surface area contributed by atoms with Crippen LogP contribution in [0, 0.1) is 17.4 Å². The number of nitriles is 1. The van der Waals surface area contributed by atoms with Crippen molar-refractivity contribution in [3.05, 3.63) is 0 Å². The summed E-state index contributed by atoms with van der Waals surface area (Å²) in [7, 11) is 0. The monoisotopic (exact) mass is 166 g/mol.